The summed E-state index contributed by atoms with van der Waals surface area (Å²) < 4.78 is 34.8. The van der Waals surface area contributed by atoms with Crippen LogP contribution in [-0.2, 0) is 10.0 Å². The zero-order valence-corrected chi connectivity index (χ0v) is 18.2. The summed E-state index contributed by atoms with van der Waals surface area (Å²) in [4.78, 5) is 12.7. The van der Waals surface area contributed by atoms with Crippen LogP contribution in [0.2, 0.25) is 0 Å². The first kappa shape index (κ1) is 22.7. The summed E-state index contributed by atoms with van der Waals surface area (Å²) in [5.74, 6) is 1.01. The molecule has 3 N–H and O–H groups in total. The van der Waals surface area contributed by atoms with E-state index in [4.69, 9.17) is 14.6 Å². The van der Waals surface area contributed by atoms with Crippen LogP contribution in [0, 0.1) is 19.8 Å². The van der Waals surface area contributed by atoms with E-state index >= 15 is 0 Å². The minimum absolute atomic E-state index is 0.0525. The van der Waals surface area contributed by atoms with Crippen molar-refractivity contribution < 1.29 is 22.7 Å². The molecule has 0 aliphatic heterocycles. The van der Waals surface area contributed by atoms with Crippen LogP contribution in [0.25, 0.3) is 0 Å². The summed E-state index contributed by atoms with van der Waals surface area (Å²) in [5, 5.41) is 8.00. The average molecular weight is 421 g/mol. The van der Waals surface area contributed by atoms with E-state index in [1.807, 2.05) is 20.8 Å². The molecule has 29 heavy (non-hydrogen) atoms. The summed E-state index contributed by atoms with van der Waals surface area (Å²) in [5.41, 5.74) is 2.22. The molecule has 1 amide bonds. The molecule has 0 aromatic heterocycles. The fraction of sp³-hybridized carbons (Fsp3) is 0.381. The lowest BCUT2D eigenvalue weighted by atomic mass is 10.1. The number of hydrogen-bond acceptors (Lipinski definition) is 5. The van der Waals surface area contributed by atoms with E-state index in [0.717, 1.165) is 5.56 Å². The second-order valence-corrected chi connectivity index (χ2v) is 8.77. The molecule has 0 aliphatic carbocycles. The standard InChI is InChI=1S/C21H28N2O5S/c1-6-27-20-10-16(7-8-19(20)28-12-13(2)3)21(24)23-18-11-17(29(22,25)26)9-14(4)15(18)5/h7-11,13H,6,12H2,1-5H3,(H,23,24)(H2,22,25,26). The van der Waals surface area contributed by atoms with E-state index in [-0.39, 0.29) is 4.90 Å². The number of primary sulfonamides is 1. The number of ether oxygens (including phenoxy) is 2. The highest BCUT2D eigenvalue weighted by Gasteiger charge is 2.17. The van der Waals surface area contributed by atoms with Crippen molar-refractivity contribution in [3.8, 4) is 11.5 Å². The van der Waals surface area contributed by atoms with Gasteiger partial charge in [-0.25, -0.2) is 13.6 Å². The minimum Gasteiger partial charge on any atom is -0.490 e. The summed E-state index contributed by atoms with van der Waals surface area (Å²) in [7, 11) is -3.89. The molecule has 0 bridgehead atoms. The Hall–Kier alpha value is -2.58. The first-order valence-electron chi connectivity index (χ1n) is 9.38. The lowest BCUT2D eigenvalue weighted by Crippen LogP contribution is -2.16. The summed E-state index contributed by atoms with van der Waals surface area (Å²) >= 11 is 0. The van der Waals surface area contributed by atoms with Crippen LogP contribution in [0.1, 0.15) is 42.3 Å². The summed E-state index contributed by atoms with van der Waals surface area (Å²) in [6.45, 7) is 10.5. The van der Waals surface area contributed by atoms with Gasteiger partial charge in [-0.15, -0.1) is 0 Å². The van der Waals surface area contributed by atoms with Crippen molar-refractivity contribution in [2.24, 2.45) is 11.1 Å². The van der Waals surface area contributed by atoms with Gasteiger partial charge in [0, 0.05) is 11.3 Å². The van der Waals surface area contributed by atoms with Gasteiger partial charge in [-0.3, -0.25) is 4.79 Å². The first-order chi connectivity index (χ1) is 13.5. The molecular formula is C21H28N2O5S. The average Bonchev–Trinajstić information content (AvgIpc) is 2.63. The Balaban J connectivity index is 2.33. The fourth-order valence-electron chi connectivity index (χ4n) is 2.61. The minimum atomic E-state index is -3.89. The topological polar surface area (TPSA) is 108 Å². The highest BCUT2D eigenvalue weighted by molar-refractivity contribution is 7.89. The quantitative estimate of drug-likeness (QED) is 0.678. The number of anilines is 1. The van der Waals surface area contributed by atoms with Gasteiger partial charge in [0.1, 0.15) is 0 Å². The van der Waals surface area contributed by atoms with E-state index in [1.165, 1.54) is 12.1 Å². The molecule has 2 aromatic carbocycles. The van der Waals surface area contributed by atoms with Crippen molar-refractivity contribution in [1.29, 1.82) is 0 Å². The molecule has 0 atom stereocenters. The largest absolute Gasteiger partial charge is 0.490 e. The van der Waals surface area contributed by atoms with Crippen LogP contribution in [0.5, 0.6) is 11.5 Å². The molecule has 0 fully saturated rings. The SMILES string of the molecule is CCOc1cc(C(=O)Nc2cc(S(N)(=O)=O)cc(C)c2C)ccc1OCC(C)C. The third-order valence-corrected chi connectivity index (χ3v) is 5.19. The van der Waals surface area contributed by atoms with E-state index in [0.29, 0.717) is 47.4 Å². The number of hydrogen-bond donors (Lipinski definition) is 2. The maximum absolute atomic E-state index is 12.8. The van der Waals surface area contributed by atoms with Crippen LogP contribution in [-0.4, -0.2) is 27.5 Å². The van der Waals surface area contributed by atoms with Crippen LogP contribution < -0.4 is 19.9 Å². The van der Waals surface area contributed by atoms with Crippen molar-refractivity contribution in [3.05, 3.63) is 47.0 Å². The number of nitrogens with one attached hydrogen (secondary N) is 1. The van der Waals surface area contributed by atoms with Gasteiger partial charge in [0.05, 0.1) is 18.1 Å². The molecule has 0 saturated carbocycles. The molecular weight excluding hydrogens is 392 g/mol. The second-order valence-electron chi connectivity index (χ2n) is 7.21. The van der Waals surface area contributed by atoms with Crippen molar-refractivity contribution in [3.63, 3.8) is 0 Å². The Bertz CT molecular complexity index is 1000. The zero-order chi connectivity index (χ0) is 21.8. The molecule has 0 radical (unpaired) electrons. The number of aryl methyl sites for hydroxylation is 1. The Morgan fingerprint density at radius 1 is 1.10 bits per heavy atom. The predicted octanol–water partition coefficient (Wildman–Crippen LogP) is 3.64. The predicted molar refractivity (Wildman–Crippen MR) is 113 cm³/mol. The van der Waals surface area contributed by atoms with E-state index in [2.05, 4.69) is 5.32 Å². The Morgan fingerprint density at radius 3 is 2.38 bits per heavy atom. The zero-order valence-electron chi connectivity index (χ0n) is 17.4. The number of benzene rings is 2. The van der Waals surface area contributed by atoms with Crippen molar-refractivity contribution in [2.45, 2.75) is 39.5 Å². The van der Waals surface area contributed by atoms with Gasteiger partial charge >= 0.3 is 0 Å². The van der Waals surface area contributed by atoms with Gasteiger partial charge in [0.2, 0.25) is 10.0 Å². The number of carbonyl (C=O) groups is 1. The first-order valence-corrected chi connectivity index (χ1v) is 10.9. The van der Waals surface area contributed by atoms with Crippen LogP contribution >= 0.6 is 0 Å². The Morgan fingerprint density at radius 2 is 1.79 bits per heavy atom. The Kier molecular flexibility index (Phi) is 7.26. The molecule has 0 saturated heterocycles. The lowest BCUT2D eigenvalue weighted by molar-refractivity contribution is 0.102. The highest BCUT2D eigenvalue weighted by atomic mass is 32.2. The van der Waals surface area contributed by atoms with Gasteiger partial charge in [-0.1, -0.05) is 13.8 Å². The van der Waals surface area contributed by atoms with Gasteiger partial charge in [0.25, 0.3) is 5.91 Å². The number of nitrogens with two attached hydrogens (primary N) is 1. The maximum atomic E-state index is 12.8. The molecule has 0 heterocycles. The number of amides is 1. The monoisotopic (exact) mass is 420 g/mol. The Labute approximate surface area is 172 Å². The molecule has 8 heteroatoms. The lowest BCUT2D eigenvalue weighted by Gasteiger charge is -2.16. The third-order valence-electron chi connectivity index (χ3n) is 4.30. The number of sulfonamides is 1. The van der Waals surface area contributed by atoms with E-state index in [9.17, 15) is 13.2 Å². The van der Waals surface area contributed by atoms with Crippen LogP contribution in [0.15, 0.2) is 35.2 Å². The highest BCUT2D eigenvalue weighted by Crippen LogP contribution is 2.30. The maximum Gasteiger partial charge on any atom is 0.255 e. The van der Waals surface area contributed by atoms with Crippen molar-refractivity contribution >= 4 is 21.6 Å². The number of carbonyl (C=O) groups excluding carboxylic acids is 1. The van der Waals surface area contributed by atoms with Crippen molar-refractivity contribution in [2.75, 3.05) is 18.5 Å². The number of rotatable bonds is 8. The van der Waals surface area contributed by atoms with E-state index < -0.39 is 15.9 Å². The van der Waals surface area contributed by atoms with Crippen LogP contribution in [0.3, 0.4) is 0 Å². The van der Waals surface area contributed by atoms with Gasteiger partial charge in [-0.05, 0) is 68.1 Å². The second kappa shape index (κ2) is 9.28. The van der Waals surface area contributed by atoms with Gasteiger partial charge in [0.15, 0.2) is 11.5 Å². The molecule has 2 rings (SSSR count). The van der Waals surface area contributed by atoms with E-state index in [1.54, 1.807) is 32.0 Å². The molecule has 2 aromatic rings. The van der Waals surface area contributed by atoms with Gasteiger partial charge < -0.3 is 14.8 Å². The smallest absolute Gasteiger partial charge is 0.255 e. The summed E-state index contributed by atoms with van der Waals surface area (Å²) in [6, 6.07) is 7.79. The molecule has 158 valence electrons. The molecule has 0 unspecified atom stereocenters. The molecule has 7 nitrogen and oxygen atoms in total. The third kappa shape index (κ3) is 5.95. The van der Waals surface area contributed by atoms with Gasteiger partial charge in [-0.2, -0.15) is 0 Å². The molecule has 0 aliphatic rings. The van der Waals surface area contributed by atoms with Crippen LogP contribution in [0.4, 0.5) is 5.69 Å². The molecule has 0 spiro atoms. The summed E-state index contributed by atoms with van der Waals surface area (Å²) in [6.07, 6.45) is 0. The normalized spacial score (nSPS) is 11.4. The van der Waals surface area contributed by atoms with Crippen molar-refractivity contribution in [1.82, 2.24) is 0 Å². The fourth-order valence-corrected chi connectivity index (χ4v) is 3.23.